The first kappa shape index (κ1) is 15.5. The zero-order valence-corrected chi connectivity index (χ0v) is 14.2. The molecule has 126 valence electrons. The molecule has 1 aromatic heterocycles. The van der Waals surface area contributed by atoms with E-state index in [1.165, 1.54) is 12.1 Å². The van der Waals surface area contributed by atoms with Crippen LogP contribution >= 0.6 is 0 Å². The van der Waals surface area contributed by atoms with E-state index < -0.39 is 5.41 Å². The second kappa shape index (κ2) is 5.24. The number of halogens is 1. The molecule has 5 heteroatoms. The predicted octanol–water partition coefficient (Wildman–Crippen LogP) is 3.42. The summed E-state index contributed by atoms with van der Waals surface area (Å²) in [5.41, 5.74) is 1.98. The predicted molar refractivity (Wildman–Crippen MR) is 90.6 cm³/mol. The molecule has 0 atom stereocenters. The Morgan fingerprint density at radius 3 is 2.88 bits per heavy atom. The Morgan fingerprint density at radius 2 is 2.17 bits per heavy atom. The Kier molecular flexibility index (Phi) is 3.39. The molecular weight excluding hydrogens is 307 g/mol. The van der Waals surface area contributed by atoms with Crippen molar-refractivity contribution in [1.29, 1.82) is 0 Å². The zero-order chi connectivity index (χ0) is 17.1. The van der Waals surface area contributed by atoms with E-state index in [1.807, 2.05) is 13.8 Å². The largest absolute Gasteiger partial charge is 0.379 e. The smallest absolute Gasteiger partial charge is 0.237 e. The van der Waals surface area contributed by atoms with Gasteiger partial charge in [0.15, 0.2) is 0 Å². The van der Waals surface area contributed by atoms with Gasteiger partial charge in [0.25, 0.3) is 0 Å². The maximum absolute atomic E-state index is 13.5. The van der Waals surface area contributed by atoms with Gasteiger partial charge in [0, 0.05) is 30.7 Å². The topological polar surface area (TPSA) is 42.4 Å². The normalized spacial score (nSPS) is 25.6. The van der Waals surface area contributed by atoms with Gasteiger partial charge in [-0.15, -0.1) is 0 Å². The molecular formula is C19H21FN2O2. The van der Waals surface area contributed by atoms with E-state index >= 15 is 0 Å². The molecule has 1 spiro atoms. The van der Waals surface area contributed by atoms with Crippen molar-refractivity contribution in [3.8, 4) is 0 Å². The van der Waals surface area contributed by atoms with Gasteiger partial charge in [0.2, 0.25) is 5.91 Å². The van der Waals surface area contributed by atoms with Crippen LogP contribution in [-0.2, 0) is 14.9 Å². The molecule has 1 saturated carbocycles. The number of likely N-dealkylation sites (N-methyl/N-ethyl adjacent to an activating group) is 1. The third kappa shape index (κ3) is 2.07. The minimum atomic E-state index is -0.492. The highest BCUT2D eigenvalue weighted by atomic mass is 19.1. The van der Waals surface area contributed by atoms with Crippen molar-refractivity contribution in [3.63, 3.8) is 0 Å². The Balaban J connectivity index is 1.75. The van der Waals surface area contributed by atoms with Crippen molar-refractivity contribution >= 4 is 22.5 Å². The standard InChI is InChI=1S/C19H21FN2O2/c1-11(2)24-10-12-7-19(8-12)17-14-5-4-13(20)6-15(14)21-9-16(17)22(3)18(19)23/h4-6,9,11-12H,7-8,10H2,1-3H3. The quantitative estimate of drug-likeness (QED) is 0.867. The number of carbonyl (C=O) groups excluding carboxylic acids is 1. The van der Waals surface area contributed by atoms with Crippen LogP contribution in [0.15, 0.2) is 24.4 Å². The second-order valence-electron chi connectivity index (χ2n) is 7.28. The van der Waals surface area contributed by atoms with E-state index in [0.29, 0.717) is 18.0 Å². The summed E-state index contributed by atoms with van der Waals surface area (Å²) in [5.74, 6) is 0.204. The summed E-state index contributed by atoms with van der Waals surface area (Å²) in [6.07, 6.45) is 3.46. The number of fused-ring (bicyclic) bond motifs is 4. The molecule has 1 amide bonds. The first-order valence-corrected chi connectivity index (χ1v) is 8.41. The SMILES string of the molecule is CC(C)OCC1CC2(C1)C(=O)N(C)c1cnc3cc(F)ccc3c12. The molecule has 4 rings (SSSR count). The van der Waals surface area contributed by atoms with E-state index in [4.69, 9.17) is 4.74 Å². The molecule has 1 aromatic carbocycles. The number of rotatable bonds is 3. The zero-order valence-electron chi connectivity index (χ0n) is 14.2. The van der Waals surface area contributed by atoms with Crippen LogP contribution in [-0.4, -0.2) is 30.6 Å². The minimum Gasteiger partial charge on any atom is -0.379 e. The lowest BCUT2D eigenvalue weighted by Crippen LogP contribution is -2.50. The van der Waals surface area contributed by atoms with Crippen LogP contribution in [0.1, 0.15) is 32.3 Å². The number of ether oxygens (including phenoxy) is 1. The maximum Gasteiger partial charge on any atom is 0.237 e. The molecule has 0 N–H and O–H groups in total. The Morgan fingerprint density at radius 1 is 1.42 bits per heavy atom. The second-order valence-corrected chi connectivity index (χ2v) is 7.28. The van der Waals surface area contributed by atoms with Crippen molar-refractivity contribution in [3.05, 3.63) is 35.8 Å². The number of pyridine rings is 1. The van der Waals surface area contributed by atoms with Crippen LogP contribution in [0.25, 0.3) is 10.9 Å². The number of carbonyl (C=O) groups is 1. The number of amides is 1. The summed E-state index contributed by atoms with van der Waals surface area (Å²) in [5, 5.41) is 0.884. The third-order valence-electron chi connectivity index (χ3n) is 5.30. The molecule has 0 radical (unpaired) electrons. The van der Waals surface area contributed by atoms with Crippen molar-refractivity contribution in [1.82, 2.24) is 4.98 Å². The molecule has 0 saturated heterocycles. The van der Waals surface area contributed by atoms with Crippen LogP contribution in [0.3, 0.4) is 0 Å². The van der Waals surface area contributed by atoms with Gasteiger partial charge in [0.05, 0.1) is 28.9 Å². The lowest BCUT2D eigenvalue weighted by molar-refractivity contribution is -0.129. The highest BCUT2D eigenvalue weighted by Gasteiger charge is 2.58. The highest BCUT2D eigenvalue weighted by Crippen LogP contribution is 2.57. The van der Waals surface area contributed by atoms with Crippen LogP contribution in [0.5, 0.6) is 0 Å². The molecule has 2 aliphatic rings. The van der Waals surface area contributed by atoms with Crippen LogP contribution in [0.2, 0.25) is 0 Å². The molecule has 24 heavy (non-hydrogen) atoms. The van der Waals surface area contributed by atoms with Crippen molar-refractivity contribution < 1.29 is 13.9 Å². The van der Waals surface area contributed by atoms with Crippen LogP contribution < -0.4 is 4.90 Å². The number of anilines is 1. The fourth-order valence-corrected chi connectivity index (χ4v) is 4.20. The van der Waals surface area contributed by atoms with Crippen molar-refractivity contribution in [2.75, 3.05) is 18.6 Å². The Bertz CT molecular complexity index is 827. The average Bonchev–Trinajstić information content (AvgIpc) is 2.73. The van der Waals surface area contributed by atoms with Gasteiger partial charge < -0.3 is 9.64 Å². The minimum absolute atomic E-state index is 0.122. The molecule has 4 nitrogen and oxygen atoms in total. The maximum atomic E-state index is 13.5. The molecule has 2 aromatic rings. The molecule has 0 bridgehead atoms. The number of hydrogen-bond donors (Lipinski definition) is 0. The van der Waals surface area contributed by atoms with Gasteiger partial charge in [-0.05, 0) is 44.7 Å². The summed E-state index contributed by atoms with van der Waals surface area (Å²) >= 11 is 0. The van der Waals surface area contributed by atoms with Gasteiger partial charge in [-0.2, -0.15) is 0 Å². The van der Waals surface area contributed by atoms with Gasteiger partial charge >= 0.3 is 0 Å². The first-order chi connectivity index (χ1) is 11.4. The molecule has 2 heterocycles. The monoisotopic (exact) mass is 328 g/mol. The average molecular weight is 328 g/mol. The van der Waals surface area contributed by atoms with Crippen LogP contribution in [0, 0.1) is 11.7 Å². The Labute approximate surface area is 140 Å². The molecule has 0 unspecified atom stereocenters. The first-order valence-electron chi connectivity index (χ1n) is 8.41. The summed E-state index contributed by atoms with van der Waals surface area (Å²) in [6.45, 7) is 4.72. The van der Waals surface area contributed by atoms with E-state index in [9.17, 15) is 9.18 Å². The van der Waals surface area contributed by atoms with E-state index in [0.717, 1.165) is 29.5 Å². The van der Waals surface area contributed by atoms with E-state index in [-0.39, 0.29) is 17.8 Å². The number of nitrogens with zero attached hydrogens (tertiary/aromatic N) is 2. The highest BCUT2D eigenvalue weighted by molar-refractivity contribution is 6.12. The molecule has 1 aliphatic heterocycles. The Hall–Kier alpha value is -2.01. The lowest BCUT2D eigenvalue weighted by atomic mass is 9.59. The fourth-order valence-electron chi connectivity index (χ4n) is 4.20. The number of aromatic nitrogens is 1. The van der Waals surface area contributed by atoms with Crippen molar-refractivity contribution in [2.45, 2.75) is 38.2 Å². The third-order valence-corrected chi connectivity index (χ3v) is 5.30. The van der Waals surface area contributed by atoms with Gasteiger partial charge in [-0.1, -0.05) is 0 Å². The summed E-state index contributed by atoms with van der Waals surface area (Å²) < 4.78 is 19.2. The summed E-state index contributed by atoms with van der Waals surface area (Å²) in [7, 11) is 1.80. The lowest BCUT2D eigenvalue weighted by Gasteiger charge is -2.44. The van der Waals surface area contributed by atoms with Gasteiger partial charge in [-0.3, -0.25) is 9.78 Å². The van der Waals surface area contributed by atoms with Crippen molar-refractivity contribution in [2.24, 2.45) is 5.92 Å². The molecule has 1 fully saturated rings. The fraction of sp³-hybridized carbons (Fsp3) is 0.474. The van der Waals surface area contributed by atoms with E-state index in [1.54, 1.807) is 24.2 Å². The van der Waals surface area contributed by atoms with Gasteiger partial charge in [-0.25, -0.2) is 4.39 Å². The van der Waals surface area contributed by atoms with Gasteiger partial charge in [0.1, 0.15) is 5.82 Å². The van der Waals surface area contributed by atoms with Crippen LogP contribution in [0.4, 0.5) is 10.1 Å². The number of benzene rings is 1. The summed E-state index contributed by atoms with van der Waals surface area (Å²) in [6, 6.07) is 4.63. The molecule has 1 aliphatic carbocycles. The number of hydrogen-bond acceptors (Lipinski definition) is 3. The van der Waals surface area contributed by atoms with E-state index in [2.05, 4.69) is 4.98 Å². The summed E-state index contributed by atoms with van der Waals surface area (Å²) in [4.78, 5) is 19.0.